The van der Waals surface area contributed by atoms with Gasteiger partial charge in [-0.05, 0) is 23.6 Å². The van der Waals surface area contributed by atoms with E-state index in [-0.39, 0.29) is 5.91 Å². The van der Waals surface area contributed by atoms with E-state index < -0.39 is 0 Å². The predicted molar refractivity (Wildman–Crippen MR) is 66.0 cm³/mol. The van der Waals surface area contributed by atoms with Crippen LogP contribution in [-0.4, -0.2) is 11.2 Å². The van der Waals surface area contributed by atoms with Crippen molar-refractivity contribution in [2.45, 2.75) is 13.0 Å². The molecule has 0 saturated heterocycles. The summed E-state index contributed by atoms with van der Waals surface area (Å²) in [6.45, 7) is 3.95. The number of alkyl halides is 1. The molecule has 80 valence electrons. The van der Waals surface area contributed by atoms with Crippen LogP contribution in [0.3, 0.4) is 0 Å². The number of amides is 1. The molecule has 1 N–H and O–H groups in total. The van der Waals surface area contributed by atoms with Crippen LogP contribution in [0.1, 0.15) is 11.1 Å². The highest BCUT2D eigenvalue weighted by atomic mass is 79.9. The first-order valence-corrected chi connectivity index (χ1v) is 5.92. The third kappa shape index (κ3) is 4.30. The average Bonchev–Trinajstić information content (AvgIpc) is 2.28. The van der Waals surface area contributed by atoms with Crippen LogP contribution in [0, 0.1) is 0 Å². The minimum atomic E-state index is -0.139. The van der Waals surface area contributed by atoms with Gasteiger partial charge in [0.2, 0.25) is 5.91 Å². The number of rotatable bonds is 5. The van der Waals surface area contributed by atoms with Crippen LogP contribution in [0.4, 0.5) is 0 Å². The molecule has 1 aromatic rings. The van der Waals surface area contributed by atoms with Crippen LogP contribution in [-0.2, 0) is 17.8 Å². The van der Waals surface area contributed by atoms with Crippen molar-refractivity contribution in [2.24, 2.45) is 0 Å². The van der Waals surface area contributed by atoms with E-state index in [1.54, 1.807) is 0 Å². The first kappa shape index (κ1) is 12.0. The number of aryl methyl sites for hydroxylation is 1. The summed E-state index contributed by atoms with van der Waals surface area (Å²) in [5, 5.41) is 3.71. The van der Waals surface area contributed by atoms with E-state index >= 15 is 0 Å². The van der Waals surface area contributed by atoms with Crippen LogP contribution in [0.2, 0.25) is 0 Å². The molecule has 0 radical (unpaired) electrons. The van der Waals surface area contributed by atoms with Gasteiger partial charge in [0.15, 0.2) is 0 Å². The molecule has 0 aliphatic rings. The maximum absolute atomic E-state index is 10.9. The minimum absolute atomic E-state index is 0.139. The molecule has 1 aromatic carbocycles. The molecule has 1 rings (SSSR count). The Morgan fingerprint density at radius 3 is 2.47 bits per heavy atom. The fourth-order valence-electron chi connectivity index (χ4n) is 1.19. The molecule has 0 fully saturated rings. The minimum Gasteiger partial charge on any atom is -0.348 e. The van der Waals surface area contributed by atoms with E-state index in [9.17, 15) is 4.79 Å². The molecule has 0 aliphatic heterocycles. The van der Waals surface area contributed by atoms with Gasteiger partial charge in [-0.1, -0.05) is 46.8 Å². The fraction of sp³-hybridized carbons (Fsp3) is 0.250. The predicted octanol–water partition coefficient (Wildman–Crippen LogP) is 2.43. The number of benzene rings is 1. The lowest BCUT2D eigenvalue weighted by atomic mass is 10.1. The lowest BCUT2D eigenvalue weighted by molar-refractivity contribution is -0.116. The van der Waals surface area contributed by atoms with Gasteiger partial charge in [-0.2, -0.15) is 0 Å². The molecule has 0 aliphatic carbocycles. The van der Waals surface area contributed by atoms with E-state index in [2.05, 4.69) is 40.0 Å². The van der Waals surface area contributed by atoms with Gasteiger partial charge in [-0.25, -0.2) is 0 Å². The Morgan fingerprint density at radius 1 is 1.33 bits per heavy atom. The van der Waals surface area contributed by atoms with Crippen molar-refractivity contribution < 1.29 is 4.79 Å². The summed E-state index contributed by atoms with van der Waals surface area (Å²) in [7, 11) is 0. The number of hydrogen-bond donors (Lipinski definition) is 1. The third-order valence-electron chi connectivity index (χ3n) is 2.06. The molecular formula is C12H14BrNO. The van der Waals surface area contributed by atoms with Crippen molar-refractivity contribution in [1.29, 1.82) is 0 Å². The normalized spacial score (nSPS) is 9.67. The van der Waals surface area contributed by atoms with Gasteiger partial charge in [0.25, 0.3) is 0 Å². The number of nitrogens with one attached hydrogen (secondary N) is 1. The number of halogens is 1. The molecule has 0 unspecified atom stereocenters. The van der Waals surface area contributed by atoms with Crippen LogP contribution >= 0.6 is 15.9 Å². The topological polar surface area (TPSA) is 29.1 Å². The summed E-state index contributed by atoms with van der Waals surface area (Å²) >= 11 is 3.40. The maximum atomic E-state index is 10.9. The van der Waals surface area contributed by atoms with Gasteiger partial charge in [0.1, 0.15) is 0 Å². The Morgan fingerprint density at radius 2 is 1.93 bits per heavy atom. The van der Waals surface area contributed by atoms with E-state index in [1.165, 1.54) is 11.6 Å². The molecule has 2 nitrogen and oxygen atoms in total. The zero-order valence-corrected chi connectivity index (χ0v) is 10.1. The summed E-state index contributed by atoms with van der Waals surface area (Å²) in [6.07, 6.45) is 2.30. The average molecular weight is 268 g/mol. The Bertz CT molecular complexity index is 332. The van der Waals surface area contributed by atoms with Gasteiger partial charge in [-0.3, -0.25) is 4.79 Å². The standard InChI is InChI=1S/C12H14BrNO/c1-2-12(15)14-9-11-5-3-10(4-6-11)7-8-13/h2-6H,1,7-9H2,(H,14,15). The zero-order valence-electron chi connectivity index (χ0n) is 8.50. The lowest BCUT2D eigenvalue weighted by Crippen LogP contribution is -2.19. The second-order valence-corrected chi connectivity index (χ2v) is 3.97. The second-order valence-electron chi connectivity index (χ2n) is 3.18. The maximum Gasteiger partial charge on any atom is 0.243 e. The molecule has 15 heavy (non-hydrogen) atoms. The highest BCUT2D eigenvalue weighted by Gasteiger charge is 1.96. The SMILES string of the molecule is C=CC(=O)NCc1ccc(CCBr)cc1. The number of hydrogen-bond acceptors (Lipinski definition) is 1. The monoisotopic (exact) mass is 267 g/mol. The summed E-state index contributed by atoms with van der Waals surface area (Å²) in [6, 6.07) is 8.22. The van der Waals surface area contributed by atoms with Gasteiger partial charge in [0, 0.05) is 11.9 Å². The summed E-state index contributed by atoms with van der Waals surface area (Å²) in [5.41, 5.74) is 2.40. The van der Waals surface area contributed by atoms with E-state index in [1.807, 2.05) is 12.1 Å². The molecule has 0 aromatic heterocycles. The van der Waals surface area contributed by atoms with Crippen molar-refractivity contribution in [3.8, 4) is 0 Å². The Balaban J connectivity index is 2.49. The van der Waals surface area contributed by atoms with Crippen molar-refractivity contribution in [2.75, 3.05) is 5.33 Å². The van der Waals surface area contributed by atoms with E-state index in [4.69, 9.17) is 0 Å². The molecule has 0 heterocycles. The molecule has 1 amide bonds. The second kappa shape index (κ2) is 6.40. The van der Waals surface area contributed by atoms with Gasteiger partial charge in [0.05, 0.1) is 0 Å². The van der Waals surface area contributed by atoms with Gasteiger partial charge >= 0.3 is 0 Å². The zero-order chi connectivity index (χ0) is 11.1. The van der Waals surface area contributed by atoms with Crippen molar-refractivity contribution in [1.82, 2.24) is 5.32 Å². The largest absolute Gasteiger partial charge is 0.348 e. The first-order chi connectivity index (χ1) is 7.26. The van der Waals surface area contributed by atoms with Crippen molar-refractivity contribution >= 4 is 21.8 Å². The first-order valence-electron chi connectivity index (χ1n) is 4.80. The van der Waals surface area contributed by atoms with Crippen LogP contribution in [0.15, 0.2) is 36.9 Å². The summed E-state index contributed by atoms with van der Waals surface area (Å²) < 4.78 is 0. The van der Waals surface area contributed by atoms with Gasteiger partial charge in [-0.15, -0.1) is 0 Å². The third-order valence-corrected chi connectivity index (χ3v) is 2.45. The molecular weight excluding hydrogens is 254 g/mol. The van der Waals surface area contributed by atoms with Crippen LogP contribution in [0.5, 0.6) is 0 Å². The quantitative estimate of drug-likeness (QED) is 0.645. The van der Waals surface area contributed by atoms with Crippen LogP contribution < -0.4 is 5.32 Å². The Labute approximate surface area is 98.5 Å². The molecule has 0 spiro atoms. The smallest absolute Gasteiger partial charge is 0.243 e. The lowest BCUT2D eigenvalue weighted by Gasteiger charge is -2.03. The molecule has 0 atom stereocenters. The molecule has 0 saturated carbocycles. The fourth-order valence-corrected chi connectivity index (χ4v) is 1.65. The summed E-state index contributed by atoms with van der Waals surface area (Å²) in [5.74, 6) is -0.139. The van der Waals surface area contributed by atoms with Crippen molar-refractivity contribution in [3.63, 3.8) is 0 Å². The number of carbonyl (C=O) groups excluding carboxylic acids is 1. The Hall–Kier alpha value is -1.09. The molecule has 3 heteroatoms. The highest BCUT2D eigenvalue weighted by molar-refractivity contribution is 9.09. The summed E-state index contributed by atoms with van der Waals surface area (Å²) in [4.78, 5) is 10.9. The number of carbonyl (C=O) groups is 1. The Kier molecular flexibility index (Phi) is 5.12. The van der Waals surface area contributed by atoms with Crippen LogP contribution in [0.25, 0.3) is 0 Å². The van der Waals surface area contributed by atoms with Gasteiger partial charge < -0.3 is 5.32 Å². The van der Waals surface area contributed by atoms with Crippen molar-refractivity contribution in [3.05, 3.63) is 48.0 Å². The highest BCUT2D eigenvalue weighted by Crippen LogP contribution is 2.06. The van der Waals surface area contributed by atoms with E-state index in [0.29, 0.717) is 6.54 Å². The molecule has 0 bridgehead atoms. The van der Waals surface area contributed by atoms with E-state index in [0.717, 1.165) is 17.3 Å².